The van der Waals surface area contributed by atoms with Crippen LogP contribution in [-0.2, 0) is 0 Å². The molecule has 166 valence electrons. The van der Waals surface area contributed by atoms with Crippen molar-refractivity contribution in [3.8, 4) is 11.5 Å². The van der Waals surface area contributed by atoms with E-state index in [9.17, 15) is 9.59 Å². The Balaban J connectivity index is 1.33. The van der Waals surface area contributed by atoms with Crippen LogP contribution >= 0.6 is 11.6 Å². The van der Waals surface area contributed by atoms with Gasteiger partial charge in [0.1, 0.15) is 18.9 Å². The number of carbonyl (C=O) groups is 2. The number of carbonyl (C=O) groups excluding carboxylic acids is 2. The van der Waals surface area contributed by atoms with Crippen LogP contribution in [0.15, 0.2) is 60.7 Å². The van der Waals surface area contributed by atoms with Crippen LogP contribution in [0.1, 0.15) is 26.4 Å². The highest BCUT2D eigenvalue weighted by atomic mass is 35.5. The molecular formula is C25H20ClN3O4. The maximum Gasteiger partial charge on any atom is 0.272 e. The molecule has 33 heavy (non-hydrogen) atoms. The summed E-state index contributed by atoms with van der Waals surface area (Å²) in [6.45, 7) is 2.82. The third kappa shape index (κ3) is 4.36. The molecule has 0 unspecified atom stereocenters. The number of nitrogens with one attached hydrogen (secondary N) is 3. The first kappa shape index (κ1) is 20.9. The van der Waals surface area contributed by atoms with E-state index in [1.807, 2.05) is 19.1 Å². The minimum atomic E-state index is -0.291. The number of amides is 2. The number of ether oxygens (including phenoxy) is 2. The molecule has 3 N–H and O–H groups in total. The Morgan fingerprint density at radius 1 is 0.879 bits per heavy atom. The van der Waals surface area contributed by atoms with Crippen molar-refractivity contribution in [1.29, 1.82) is 0 Å². The van der Waals surface area contributed by atoms with Crippen LogP contribution < -0.4 is 20.1 Å². The summed E-state index contributed by atoms with van der Waals surface area (Å²) in [6, 6.07) is 17.5. The van der Waals surface area contributed by atoms with E-state index >= 15 is 0 Å². The molecule has 0 bridgehead atoms. The molecule has 2 heterocycles. The van der Waals surface area contributed by atoms with Gasteiger partial charge in [-0.2, -0.15) is 0 Å². The van der Waals surface area contributed by atoms with E-state index in [0.717, 1.165) is 16.5 Å². The summed E-state index contributed by atoms with van der Waals surface area (Å²) in [4.78, 5) is 28.7. The molecule has 4 aromatic rings. The monoisotopic (exact) mass is 461 g/mol. The zero-order valence-electron chi connectivity index (χ0n) is 17.7. The van der Waals surface area contributed by atoms with Gasteiger partial charge in [-0.1, -0.05) is 17.7 Å². The normalized spacial score (nSPS) is 12.4. The quantitative estimate of drug-likeness (QED) is 0.379. The topological polar surface area (TPSA) is 92.4 Å². The average Bonchev–Trinajstić information content (AvgIpc) is 3.24. The molecule has 0 atom stereocenters. The predicted molar refractivity (Wildman–Crippen MR) is 128 cm³/mol. The Morgan fingerprint density at radius 2 is 1.70 bits per heavy atom. The standard InChI is InChI=1S/C25H20ClN3O4/c1-14-2-5-18(27-24(30)15-3-7-22-23(12-15)33-9-8-32-22)13-20(14)29-25(31)21-11-16-10-17(26)4-6-19(16)28-21/h2-7,10-13,28H,8-9H2,1H3,(H,27,30)(H,29,31). The number of fused-ring (bicyclic) bond motifs is 2. The maximum atomic E-state index is 12.8. The highest BCUT2D eigenvalue weighted by Crippen LogP contribution is 2.31. The van der Waals surface area contributed by atoms with Crippen molar-refractivity contribution in [3.05, 3.63) is 82.5 Å². The number of aromatic nitrogens is 1. The number of hydrogen-bond donors (Lipinski definition) is 3. The van der Waals surface area contributed by atoms with Gasteiger partial charge in [0, 0.05) is 32.9 Å². The number of H-pyrrole nitrogens is 1. The van der Waals surface area contributed by atoms with E-state index in [-0.39, 0.29) is 11.8 Å². The van der Waals surface area contributed by atoms with Crippen LogP contribution in [0.3, 0.4) is 0 Å². The van der Waals surface area contributed by atoms with E-state index in [2.05, 4.69) is 15.6 Å². The molecule has 5 rings (SSSR count). The Hall–Kier alpha value is -3.97. The number of hydrogen-bond acceptors (Lipinski definition) is 4. The van der Waals surface area contributed by atoms with Crippen molar-refractivity contribution in [1.82, 2.24) is 4.98 Å². The zero-order chi connectivity index (χ0) is 22.9. The van der Waals surface area contributed by atoms with Gasteiger partial charge >= 0.3 is 0 Å². The summed E-state index contributed by atoms with van der Waals surface area (Å²) in [7, 11) is 0. The third-order valence-electron chi connectivity index (χ3n) is 5.38. The molecule has 0 radical (unpaired) electrons. The highest BCUT2D eigenvalue weighted by molar-refractivity contribution is 6.31. The Morgan fingerprint density at radius 3 is 2.55 bits per heavy atom. The summed E-state index contributed by atoms with van der Waals surface area (Å²) in [5.41, 5.74) is 3.69. The van der Waals surface area contributed by atoms with Crippen LogP contribution in [0.25, 0.3) is 10.9 Å². The zero-order valence-corrected chi connectivity index (χ0v) is 18.5. The number of aromatic amines is 1. The van der Waals surface area contributed by atoms with Gasteiger partial charge in [-0.05, 0) is 67.1 Å². The van der Waals surface area contributed by atoms with Gasteiger partial charge in [-0.15, -0.1) is 0 Å². The highest BCUT2D eigenvalue weighted by Gasteiger charge is 2.16. The fourth-order valence-corrected chi connectivity index (χ4v) is 3.82. The van der Waals surface area contributed by atoms with Crippen molar-refractivity contribution >= 4 is 45.7 Å². The lowest BCUT2D eigenvalue weighted by molar-refractivity contribution is 0.101. The molecule has 0 fully saturated rings. The van der Waals surface area contributed by atoms with Crippen LogP contribution in [0.5, 0.6) is 11.5 Å². The molecule has 3 aromatic carbocycles. The van der Waals surface area contributed by atoms with Gasteiger partial charge in [0.2, 0.25) is 0 Å². The van der Waals surface area contributed by atoms with Gasteiger partial charge in [-0.3, -0.25) is 9.59 Å². The summed E-state index contributed by atoms with van der Waals surface area (Å²) in [5.74, 6) is 0.587. The largest absolute Gasteiger partial charge is 0.486 e. The van der Waals surface area contributed by atoms with Crippen LogP contribution in [0, 0.1) is 6.92 Å². The van der Waals surface area contributed by atoms with E-state index in [4.69, 9.17) is 21.1 Å². The van der Waals surface area contributed by atoms with E-state index < -0.39 is 0 Å². The minimum Gasteiger partial charge on any atom is -0.486 e. The number of benzene rings is 3. The van der Waals surface area contributed by atoms with E-state index in [1.165, 1.54) is 0 Å². The maximum absolute atomic E-state index is 12.8. The number of anilines is 2. The smallest absolute Gasteiger partial charge is 0.272 e. The van der Waals surface area contributed by atoms with E-state index in [0.29, 0.717) is 52.4 Å². The third-order valence-corrected chi connectivity index (χ3v) is 5.61. The first-order chi connectivity index (χ1) is 16.0. The van der Waals surface area contributed by atoms with Gasteiger partial charge in [0.15, 0.2) is 11.5 Å². The summed E-state index contributed by atoms with van der Waals surface area (Å²) >= 11 is 6.03. The second-order valence-corrected chi connectivity index (χ2v) is 8.15. The van der Waals surface area contributed by atoms with Crippen LogP contribution in [-0.4, -0.2) is 30.0 Å². The number of halogens is 1. The summed E-state index contributed by atoms with van der Waals surface area (Å²) in [6.07, 6.45) is 0. The molecule has 1 aliphatic rings. The predicted octanol–water partition coefficient (Wildman–Crippen LogP) is 5.41. The Bertz CT molecular complexity index is 1400. The Labute approximate surface area is 194 Å². The molecule has 7 nitrogen and oxygen atoms in total. The number of rotatable bonds is 4. The van der Waals surface area contributed by atoms with Gasteiger partial charge in [0.25, 0.3) is 11.8 Å². The lowest BCUT2D eigenvalue weighted by Crippen LogP contribution is -2.17. The second kappa shape index (κ2) is 8.52. The van der Waals surface area contributed by atoms with Crippen molar-refractivity contribution in [3.63, 3.8) is 0 Å². The van der Waals surface area contributed by atoms with Crippen LogP contribution in [0.4, 0.5) is 11.4 Å². The van der Waals surface area contributed by atoms with Crippen LogP contribution in [0.2, 0.25) is 5.02 Å². The second-order valence-electron chi connectivity index (χ2n) is 7.71. The molecule has 1 aromatic heterocycles. The van der Waals surface area contributed by atoms with Gasteiger partial charge in [-0.25, -0.2) is 0 Å². The molecule has 1 aliphatic heterocycles. The lowest BCUT2D eigenvalue weighted by atomic mass is 10.1. The van der Waals surface area contributed by atoms with E-state index in [1.54, 1.807) is 48.5 Å². The minimum absolute atomic E-state index is 0.291. The first-order valence-corrected chi connectivity index (χ1v) is 10.8. The van der Waals surface area contributed by atoms with Gasteiger partial charge in [0.05, 0.1) is 0 Å². The fourth-order valence-electron chi connectivity index (χ4n) is 3.64. The number of aryl methyl sites for hydroxylation is 1. The molecule has 2 amide bonds. The van der Waals surface area contributed by atoms with Crippen molar-refractivity contribution in [2.24, 2.45) is 0 Å². The molecule has 8 heteroatoms. The van der Waals surface area contributed by atoms with Crippen molar-refractivity contribution in [2.45, 2.75) is 6.92 Å². The fraction of sp³-hybridized carbons (Fsp3) is 0.120. The molecular weight excluding hydrogens is 442 g/mol. The molecule has 0 saturated carbocycles. The van der Waals surface area contributed by atoms with Crippen molar-refractivity contribution < 1.29 is 19.1 Å². The summed E-state index contributed by atoms with van der Waals surface area (Å²) < 4.78 is 11.0. The molecule has 0 aliphatic carbocycles. The van der Waals surface area contributed by atoms with Gasteiger partial charge < -0.3 is 25.1 Å². The Kier molecular flexibility index (Phi) is 5.40. The molecule has 0 spiro atoms. The van der Waals surface area contributed by atoms with Crippen molar-refractivity contribution in [2.75, 3.05) is 23.8 Å². The average molecular weight is 462 g/mol. The lowest BCUT2D eigenvalue weighted by Gasteiger charge is -2.18. The first-order valence-electron chi connectivity index (χ1n) is 10.4. The molecule has 0 saturated heterocycles. The SMILES string of the molecule is Cc1ccc(NC(=O)c2ccc3c(c2)OCCO3)cc1NC(=O)c1cc2cc(Cl)ccc2[nH]1. The summed E-state index contributed by atoms with van der Waals surface area (Å²) in [5, 5.41) is 7.22.